The molecule has 0 radical (unpaired) electrons. The van der Waals surface area contributed by atoms with E-state index in [1.165, 1.54) is 12.8 Å². The highest BCUT2D eigenvalue weighted by Gasteiger charge is 2.41. The number of hydrogen-bond acceptors (Lipinski definition) is 3. The van der Waals surface area contributed by atoms with E-state index in [2.05, 4.69) is 11.6 Å². The van der Waals surface area contributed by atoms with Crippen LogP contribution in [0.4, 0.5) is 5.69 Å². The van der Waals surface area contributed by atoms with Gasteiger partial charge in [0.1, 0.15) is 0 Å². The largest absolute Gasteiger partial charge is 0.398 e. The molecule has 17 heavy (non-hydrogen) atoms. The molecule has 1 saturated carbocycles. The van der Waals surface area contributed by atoms with Gasteiger partial charge in [0.05, 0.1) is 0 Å². The molecule has 0 unspecified atom stereocenters. The number of rotatable bonds is 4. The molecule has 3 nitrogen and oxygen atoms in total. The second-order valence-corrected chi connectivity index (χ2v) is 5.92. The fourth-order valence-electron chi connectivity index (χ4n) is 1.72. The Morgan fingerprint density at radius 2 is 2.24 bits per heavy atom. The molecule has 0 saturated heterocycles. The van der Waals surface area contributed by atoms with Gasteiger partial charge in [-0.25, -0.2) is 0 Å². The van der Waals surface area contributed by atoms with Gasteiger partial charge in [0.25, 0.3) is 5.91 Å². The molecule has 3 N–H and O–H groups in total. The molecule has 1 aliphatic rings. The summed E-state index contributed by atoms with van der Waals surface area (Å²) in [6.07, 6.45) is 4.50. The highest BCUT2D eigenvalue weighted by Crippen LogP contribution is 2.46. The van der Waals surface area contributed by atoms with Crippen LogP contribution in [0.25, 0.3) is 0 Å². The molecule has 0 aromatic heterocycles. The molecular formula is C13H18N2OS. The van der Waals surface area contributed by atoms with Gasteiger partial charge in [0.2, 0.25) is 0 Å². The van der Waals surface area contributed by atoms with E-state index in [1.807, 2.05) is 30.8 Å². The van der Waals surface area contributed by atoms with Crippen molar-refractivity contribution in [1.82, 2.24) is 5.32 Å². The van der Waals surface area contributed by atoms with Gasteiger partial charge in [-0.15, -0.1) is 0 Å². The number of nitrogens with one attached hydrogen (secondary N) is 1. The lowest BCUT2D eigenvalue weighted by atomic mass is 10.1. The SMILES string of the molecule is CSC1(CNC(=O)c2ccc(C)c(N)c2)CC1. The van der Waals surface area contributed by atoms with Crippen molar-refractivity contribution in [3.05, 3.63) is 29.3 Å². The fraction of sp³-hybridized carbons (Fsp3) is 0.462. The number of nitrogens with two attached hydrogens (primary N) is 1. The Balaban J connectivity index is 1.97. The minimum absolute atomic E-state index is 0.0305. The van der Waals surface area contributed by atoms with Crippen LogP contribution in [-0.4, -0.2) is 23.5 Å². The maximum absolute atomic E-state index is 11.9. The zero-order chi connectivity index (χ0) is 12.5. The molecule has 1 amide bonds. The summed E-state index contributed by atoms with van der Waals surface area (Å²) in [6, 6.07) is 5.44. The van der Waals surface area contributed by atoms with Gasteiger partial charge < -0.3 is 11.1 Å². The number of carbonyl (C=O) groups excluding carboxylic acids is 1. The van der Waals surface area contributed by atoms with E-state index in [9.17, 15) is 4.79 Å². The normalized spacial score (nSPS) is 16.6. The van der Waals surface area contributed by atoms with Crippen molar-refractivity contribution in [1.29, 1.82) is 0 Å². The van der Waals surface area contributed by atoms with Crippen LogP contribution in [0.5, 0.6) is 0 Å². The molecule has 0 aliphatic heterocycles. The summed E-state index contributed by atoms with van der Waals surface area (Å²) < 4.78 is 0.298. The van der Waals surface area contributed by atoms with E-state index in [0.29, 0.717) is 16.0 Å². The minimum Gasteiger partial charge on any atom is -0.398 e. The third-order valence-corrected chi connectivity index (χ3v) is 4.77. The predicted octanol–water partition coefficient (Wildman–Crippen LogP) is 2.20. The molecule has 2 rings (SSSR count). The molecule has 4 heteroatoms. The Bertz CT molecular complexity index is 441. The topological polar surface area (TPSA) is 55.1 Å². The molecule has 1 aromatic carbocycles. The number of benzene rings is 1. The summed E-state index contributed by atoms with van der Waals surface area (Å²) in [7, 11) is 0. The molecule has 0 bridgehead atoms. The maximum Gasteiger partial charge on any atom is 0.251 e. The summed E-state index contributed by atoms with van der Waals surface area (Å²) in [5, 5.41) is 2.98. The Morgan fingerprint density at radius 1 is 1.53 bits per heavy atom. The lowest BCUT2D eigenvalue weighted by Gasteiger charge is -2.13. The van der Waals surface area contributed by atoms with E-state index >= 15 is 0 Å². The highest BCUT2D eigenvalue weighted by atomic mass is 32.2. The molecule has 92 valence electrons. The van der Waals surface area contributed by atoms with Crippen molar-refractivity contribution in [2.24, 2.45) is 0 Å². The van der Waals surface area contributed by atoms with Gasteiger partial charge in [0.15, 0.2) is 0 Å². The van der Waals surface area contributed by atoms with Gasteiger partial charge >= 0.3 is 0 Å². The van der Waals surface area contributed by atoms with Crippen LogP contribution in [0, 0.1) is 6.92 Å². The highest BCUT2D eigenvalue weighted by molar-refractivity contribution is 8.00. The Morgan fingerprint density at radius 3 is 2.76 bits per heavy atom. The lowest BCUT2D eigenvalue weighted by molar-refractivity contribution is 0.0953. The molecule has 0 atom stereocenters. The van der Waals surface area contributed by atoms with Gasteiger partial charge in [-0.05, 0) is 43.7 Å². The van der Waals surface area contributed by atoms with Crippen molar-refractivity contribution < 1.29 is 4.79 Å². The number of carbonyl (C=O) groups is 1. The van der Waals surface area contributed by atoms with E-state index < -0.39 is 0 Å². The van der Waals surface area contributed by atoms with Crippen molar-refractivity contribution in [2.75, 3.05) is 18.5 Å². The molecule has 0 spiro atoms. The van der Waals surface area contributed by atoms with E-state index in [0.717, 1.165) is 12.1 Å². The zero-order valence-electron chi connectivity index (χ0n) is 10.2. The minimum atomic E-state index is -0.0305. The smallest absolute Gasteiger partial charge is 0.251 e. The van der Waals surface area contributed by atoms with Gasteiger partial charge in [-0.1, -0.05) is 6.07 Å². The van der Waals surface area contributed by atoms with Gasteiger partial charge in [-0.2, -0.15) is 11.8 Å². The average molecular weight is 250 g/mol. The van der Waals surface area contributed by atoms with E-state index in [-0.39, 0.29) is 5.91 Å². The predicted molar refractivity (Wildman–Crippen MR) is 73.4 cm³/mol. The molecular weight excluding hydrogens is 232 g/mol. The van der Waals surface area contributed by atoms with Crippen LogP contribution in [0.2, 0.25) is 0 Å². The average Bonchev–Trinajstić information content (AvgIpc) is 3.10. The number of hydrogen-bond donors (Lipinski definition) is 2. The monoisotopic (exact) mass is 250 g/mol. The van der Waals surface area contributed by atoms with Crippen LogP contribution in [0.1, 0.15) is 28.8 Å². The molecule has 1 aliphatic carbocycles. The fourth-order valence-corrected chi connectivity index (χ4v) is 2.44. The molecule has 0 heterocycles. The number of amides is 1. The first-order valence-corrected chi connectivity index (χ1v) is 6.98. The van der Waals surface area contributed by atoms with Crippen molar-refractivity contribution in [3.63, 3.8) is 0 Å². The number of anilines is 1. The first kappa shape index (κ1) is 12.3. The summed E-state index contributed by atoms with van der Waals surface area (Å²) in [5.41, 5.74) is 8.11. The standard InChI is InChI=1S/C13H18N2OS/c1-9-3-4-10(7-11(9)14)12(16)15-8-13(17-2)5-6-13/h3-4,7H,5-6,8,14H2,1-2H3,(H,15,16). The second kappa shape index (κ2) is 4.61. The summed E-state index contributed by atoms with van der Waals surface area (Å²) >= 11 is 1.84. The Hall–Kier alpha value is -1.16. The van der Waals surface area contributed by atoms with Crippen molar-refractivity contribution in [3.8, 4) is 0 Å². The summed E-state index contributed by atoms with van der Waals surface area (Å²) in [5.74, 6) is -0.0305. The van der Waals surface area contributed by atoms with Crippen LogP contribution in [-0.2, 0) is 0 Å². The zero-order valence-corrected chi connectivity index (χ0v) is 11.1. The van der Waals surface area contributed by atoms with Gasteiger partial charge in [-0.3, -0.25) is 4.79 Å². The molecule has 1 fully saturated rings. The van der Waals surface area contributed by atoms with Crippen LogP contribution < -0.4 is 11.1 Å². The summed E-state index contributed by atoms with van der Waals surface area (Å²) in [4.78, 5) is 11.9. The van der Waals surface area contributed by atoms with Crippen LogP contribution >= 0.6 is 11.8 Å². The number of aryl methyl sites for hydroxylation is 1. The summed E-state index contributed by atoms with van der Waals surface area (Å²) in [6.45, 7) is 2.69. The van der Waals surface area contributed by atoms with Crippen LogP contribution in [0.3, 0.4) is 0 Å². The Kier molecular flexibility index (Phi) is 3.33. The number of nitrogen functional groups attached to an aromatic ring is 1. The quantitative estimate of drug-likeness (QED) is 0.806. The Labute approximate surface area is 106 Å². The lowest BCUT2D eigenvalue weighted by Crippen LogP contribution is -2.31. The maximum atomic E-state index is 11.9. The van der Waals surface area contributed by atoms with E-state index in [4.69, 9.17) is 5.73 Å². The van der Waals surface area contributed by atoms with Crippen LogP contribution in [0.15, 0.2) is 18.2 Å². The second-order valence-electron chi connectivity index (χ2n) is 4.64. The molecule has 1 aromatic rings. The van der Waals surface area contributed by atoms with E-state index in [1.54, 1.807) is 6.07 Å². The van der Waals surface area contributed by atoms with Crippen molar-refractivity contribution in [2.45, 2.75) is 24.5 Å². The third-order valence-electron chi connectivity index (χ3n) is 3.35. The number of thioether (sulfide) groups is 1. The van der Waals surface area contributed by atoms with Gasteiger partial charge in [0, 0.05) is 22.5 Å². The first-order chi connectivity index (χ1) is 8.06. The third kappa shape index (κ3) is 2.75. The van der Waals surface area contributed by atoms with Crippen molar-refractivity contribution >= 4 is 23.4 Å². The first-order valence-electron chi connectivity index (χ1n) is 5.76.